The molecule has 0 aliphatic rings. The van der Waals surface area contributed by atoms with E-state index in [9.17, 15) is 18.0 Å². The number of aryl methyl sites for hydroxylation is 1. The summed E-state index contributed by atoms with van der Waals surface area (Å²) in [5.41, 5.74) is 2.05. The highest BCUT2D eigenvalue weighted by molar-refractivity contribution is 7.92. The summed E-state index contributed by atoms with van der Waals surface area (Å²) < 4.78 is 34.0. The van der Waals surface area contributed by atoms with Crippen LogP contribution in [0.3, 0.4) is 0 Å². The van der Waals surface area contributed by atoms with E-state index in [0.717, 1.165) is 15.4 Å². The molecular formula is C29H34ClN3O5S. The van der Waals surface area contributed by atoms with Crippen molar-refractivity contribution < 1.29 is 22.7 Å². The van der Waals surface area contributed by atoms with Crippen LogP contribution in [0.25, 0.3) is 0 Å². The highest BCUT2D eigenvalue weighted by atomic mass is 35.5. The number of carbonyl (C=O) groups is 2. The number of anilines is 1. The van der Waals surface area contributed by atoms with Crippen LogP contribution < -0.4 is 14.4 Å². The van der Waals surface area contributed by atoms with Crippen molar-refractivity contribution in [2.75, 3.05) is 24.5 Å². The Hall–Kier alpha value is -3.56. The van der Waals surface area contributed by atoms with Crippen molar-refractivity contribution in [1.82, 2.24) is 10.2 Å². The van der Waals surface area contributed by atoms with Crippen molar-refractivity contribution in [2.24, 2.45) is 0 Å². The Morgan fingerprint density at radius 2 is 1.69 bits per heavy atom. The van der Waals surface area contributed by atoms with Gasteiger partial charge >= 0.3 is 0 Å². The lowest BCUT2D eigenvalue weighted by Gasteiger charge is -2.33. The number of hydrogen-bond donors (Lipinski definition) is 1. The highest BCUT2D eigenvalue weighted by Crippen LogP contribution is 2.28. The number of sulfonamides is 1. The van der Waals surface area contributed by atoms with Gasteiger partial charge in [-0.2, -0.15) is 0 Å². The van der Waals surface area contributed by atoms with E-state index in [2.05, 4.69) is 5.32 Å². The molecule has 0 aromatic heterocycles. The highest BCUT2D eigenvalue weighted by Gasteiger charge is 2.33. The number of hydrogen-bond acceptors (Lipinski definition) is 5. The van der Waals surface area contributed by atoms with Crippen LogP contribution in [-0.4, -0.2) is 51.4 Å². The summed E-state index contributed by atoms with van der Waals surface area (Å²) in [4.78, 5) is 28.4. The molecule has 0 radical (unpaired) electrons. The van der Waals surface area contributed by atoms with Gasteiger partial charge in [-0.15, -0.1) is 0 Å². The van der Waals surface area contributed by atoms with Crippen LogP contribution in [0.15, 0.2) is 77.7 Å². The molecule has 0 aliphatic heterocycles. The molecule has 0 unspecified atom stereocenters. The Balaban J connectivity index is 2.07. The van der Waals surface area contributed by atoms with Gasteiger partial charge in [0.15, 0.2) is 0 Å². The second kappa shape index (κ2) is 13.5. The Morgan fingerprint density at radius 1 is 1.00 bits per heavy atom. The SMILES string of the molecule is CCNC(=O)[C@H](CC)N(Cc1ccccc1C)C(=O)CN(c1cccc(Cl)c1)S(=O)(=O)c1ccc(OC)cc1. The molecule has 208 valence electrons. The summed E-state index contributed by atoms with van der Waals surface area (Å²) >= 11 is 6.21. The van der Waals surface area contributed by atoms with Gasteiger partial charge in [0.2, 0.25) is 11.8 Å². The second-order valence-corrected chi connectivity index (χ2v) is 11.2. The third-order valence-corrected chi connectivity index (χ3v) is 8.38. The van der Waals surface area contributed by atoms with Crippen molar-refractivity contribution in [3.05, 3.63) is 88.9 Å². The molecule has 0 bridgehead atoms. The summed E-state index contributed by atoms with van der Waals surface area (Å²) in [5, 5.41) is 3.12. The molecule has 0 saturated carbocycles. The van der Waals surface area contributed by atoms with Crippen LogP contribution in [0.4, 0.5) is 5.69 Å². The number of methoxy groups -OCH3 is 1. The monoisotopic (exact) mass is 571 g/mol. The lowest BCUT2D eigenvalue weighted by Crippen LogP contribution is -2.52. The van der Waals surface area contributed by atoms with E-state index >= 15 is 0 Å². The minimum atomic E-state index is -4.20. The minimum absolute atomic E-state index is 0.0164. The van der Waals surface area contributed by atoms with Gasteiger partial charge in [0.05, 0.1) is 17.7 Å². The van der Waals surface area contributed by atoms with Gasteiger partial charge in [0.1, 0.15) is 18.3 Å². The van der Waals surface area contributed by atoms with Crippen molar-refractivity contribution in [1.29, 1.82) is 0 Å². The molecule has 0 heterocycles. The molecule has 1 atom stereocenters. The minimum Gasteiger partial charge on any atom is -0.497 e. The number of benzene rings is 3. The van der Waals surface area contributed by atoms with Crippen molar-refractivity contribution in [3.8, 4) is 5.75 Å². The first kappa shape index (κ1) is 30.0. The molecule has 3 aromatic carbocycles. The molecule has 0 fully saturated rings. The summed E-state index contributed by atoms with van der Waals surface area (Å²) in [6, 6.07) is 19.0. The van der Waals surface area contributed by atoms with Crippen molar-refractivity contribution in [3.63, 3.8) is 0 Å². The van der Waals surface area contributed by atoms with Crippen LogP contribution in [-0.2, 0) is 26.2 Å². The predicted octanol–water partition coefficient (Wildman–Crippen LogP) is 4.80. The van der Waals surface area contributed by atoms with Gasteiger partial charge in [-0.05, 0) is 73.9 Å². The van der Waals surface area contributed by atoms with E-state index in [0.29, 0.717) is 23.7 Å². The average molecular weight is 572 g/mol. The third-order valence-electron chi connectivity index (χ3n) is 6.36. The van der Waals surface area contributed by atoms with Gasteiger partial charge in [0, 0.05) is 18.1 Å². The van der Waals surface area contributed by atoms with E-state index in [4.69, 9.17) is 16.3 Å². The second-order valence-electron chi connectivity index (χ2n) is 8.93. The number of nitrogens with zero attached hydrogens (tertiary/aromatic N) is 2. The van der Waals surface area contributed by atoms with Crippen LogP contribution >= 0.6 is 11.6 Å². The standard InChI is InChI=1S/C29H34ClN3O5S/c1-5-27(29(35)31-6-2)32(19-22-11-8-7-10-21(22)3)28(34)20-33(24-13-9-12-23(30)18-24)39(36,37)26-16-14-25(38-4)15-17-26/h7-18,27H,5-6,19-20H2,1-4H3,(H,31,35)/t27-/m0/s1. The average Bonchev–Trinajstić information content (AvgIpc) is 2.92. The smallest absolute Gasteiger partial charge is 0.264 e. The molecule has 0 aliphatic carbocycles. The van der Waals surface area contributed by atoms with E-state index in [-0.39, 0.29) is 23.0 Å². The fraction of sp³-hybridized carbons (Fsp3) is 0.310. The molecule has 1 N–H and O–H groups in total. The summed E-state index contributed by atoms with van der Waals surface area (Å²) in [6.45, 7) is 5.57. The van der Waals surface area contributed by atoms with Gasteiger partial charge in [0.25, 0.3) is 10.0 Å². The van der Waals surface area contributed by atoms with Gasteiger partial charge < -0.3 is 15.0 Å². The number of amides is 2. The molecule has 3 rings (SSSR count). The number of rotatable bonds is 12. The Kier molecular flexibility index (Phi) is 10.4. The summed E-state index contributed by atoms with van der Waals surface area (Å²) in [6.07, 6.45) is 0.353. The fourth-order valence-electron chi connectivity index (χ4n) is 4.22. The largest absolute Gasteiger partial charge is 0.497 e. The zero-order valence-corrected chi connectivity index (χ0v) is 24.1. The summed E-state index contributed by atoms with van der Waals surface area (Å²) in [5.74, 6) is -0.320. The maximum atomic E-state index is 14.0. The van der Waals surface area contributed by atoms with Gasteiger partial charge in [-0.1, -0.05) is 48.9 Å². The molecular weight excluding hydrogens is 538 g/mol. The summed E-state index contributed by atoms with van der Waals surface area (Å²) in [7, 11) is -2.71. The maximum Gasteiger partial charge on any atom is 0.264 e. The molecule has 3 aromatic rings. The van der Waals surface area contributed by atoms with E-state index in [1.165, 1.54) is 42.3 Å². The normalized spacial score (nSPS) is 11.9. The number of nitrogens with one attached hydrogen (secondary N) is 1. The zero-order valence-electron chi connectivity index (χ0n) is 22.6. The molecule has 8 nitrogen and oxygen atoms in total. The Bertz CT molecular complexity index is 1400. The lowest BCUT2D eigenvalue weighted by atomic mass is 10.1. The number of halogens is 1. The molecule has 39 heavy (non-hydrogen) atoms. The predicted molar refractivity (Wildman–Crippen MR) is 153 cm³/mol. The lowest BCUT2D eigenvalue weighted by molar-refractivity contribution is -0.140. The zero-order chi connectivity index (χ0) is 28.6. The van der Waals surface area contributed by atoms with Crippen molar-refractivity contribution in [2.45, 2.75) is 44.7 Å². The van der Waals surface area contributed by atoms with Gasteiger partial charge in [-0.25, -0.2) is 8.42 Å². The first-order valence-electron chi connectivity index (χ1n) is 12.7. The number of likely N-dealkylation sites (N-methyl/N-ethyl adjacent to an activating group) is 1. The fourth-order valence-corrected chi connectivity index (χ4v) is 5.81. The van der Waals surface area contributed by atoms with Crippen molar-refractivity contribution >= 4 is 39.1 Å². The van der Waals surface area contributed by atoms with Crippen LogP contribution in [0.1, 0.15) is 31.4 Å². The quantitative estimate of drug-likeness (QED) is 0.337. The Labute approximate surface area is 235 Å². The van der Waals surface area contributed by atoms with Gasteiger partial charge in [-0.3, -0.25) is 13.9 Å². The number of ether oxygens (including phenoxy) is 1. The maximum absolute atomic E-state index is 14.0. The van der Waals surface area contributed by atoms with Crippen LogP contribution in [0, 0.1) is 6.92 Å². The van der Waals surface area contributed by atoms with Crippen LogP contribution in [0.2, 0.25) is 5.02 Å². The first-order valence-corrected chi connectivity index (χ1v) is 14.5. The van der Waals surface area contributed by atoms with Crippen LogP contribution in [0.5, 0.6) is 5.75 Å². The molecule has 0 spiro atoms. The molecule has 10 heteroatoms. The Morgan fingerprint density at radius 3 is 2.28 bits per heavy atom. The molecule has 0 saturated heterocycles. The third kappa shape index (κ3) is 7.30. The van der Waals surface area contributed by atoms with E-state index in [1.54, 1.807) is 25.1 Å². The molecule has 2 amide bonds. The topological polar surface area (TPSA) is 96.0 Å². The van der Waals surface area contributed by atoms with E-state index < -0.39 is 28.5 Å². The van der Waals surface area contributed by atoms with E-state index in [1.807, 2.05) is 38.1 Å². The number of carbonyl (C=O) groups excluding carboxylic acids is 2. The first-order chi connectivity index (χ1) is 18.6.